The van der Waals surface area contributed by atoms with Gasteiger partial charge in [0.05, 0.1) is 0 Å². The van der Waals surface area contributed by atoms with Crippen LogP contribution in [0.25, 0.3) is 0 Å². The second-order valence-electron chi connectivity index (χ2n) is 8.39. The molecule has 1 aliphatic heterocycles. The molecule has 0 saturated carbocycles. The van der Waals surface area contributed by atoms with E-state index in [1.54, 1.807) is 24.3 Å². The van der Waals surface area contributed by atoms with Crippen LogP contribution in [0.1, 0.15) is 71.0 Å². The van der Waals surface area contributed by atoms with Gasteiger partial charge in [-0.3, -0.25) is 0 Å². The quantitative estimate of drug-likeness (QED) is 0.240. The zero-order chi connectivity index (χ0) is 22.4. The van der Waals surface area contributed by atoms with Crippen LogP contribution >= 0.6 is 23.2 Å². The third-order valence-corrected chi connectivity index (χ3v) is 22.4. The summed E-state index contributed by atoms with van der Waals surface area (Å²) in [6.07, 6.45) is 0.883. The molecular weight excluding hydrogens is 539 g/mol. The van der Waals surface area contributed by atoms with Gasteiger partial charge in [0.25, 0.3) is 0 Å². The first-order chi connectivity index (χ1) is 14.2. The Morgan fingerprint density at radius 3 is 1.73 bits per heavy atom. The van der Waals surface area contributed by atoms with Crippen molar-refractivity contribution in [2.45, 2.75) is 91.0 Å². The molecule has 2 atom stereocenters. The maximum absolute atomic E-state index is 14.2. The van der Waals surface area contributed by atoms with Crippen LogP contribution in [-0.2, 0) is 4.74 Å². The molecular formula is C23H33Cl2F3OSn. The van der Waals surface area contributed by atoms with Crippen molar-refractivity contribution in [2.75, 3.05) is 0 Å². The molecule has 0 spiro atoms. The molecule has 2 rings (SSSR count). The van der Waals surface area contributed by atoms with Crippen molar-refractivity contribution >= 4 is 41.6 Å². The molecule has 0 saturated heterocycles. The van der Waals surface area contributed by atoms with Gasteiger partial charge in [0.15, 0.2) is 0 Å². The molecule has 0 bridgehead atoms. The molecule has 0 aromatic heterocycles. The number of halogens is 5. The molecule has 1 aliphatic rings. The van der Waals surface area contributed by atoms with Crippen molar-refractivity contribution in [3.05, 3.63) is 43.5 Å². The van der Waals surface area contributed by atoms with Gasteiger partial charge in [0, 0.05) is 0 Å². The monoisotopic (exact) mass is 572 g/mol. The van der Waals surface area contributed by atoms with E-state index in [1.807, 2.05) is 0 Å². The molecule has 1 aromatic rings. The van der Waals surface area contributed by atoms with E-state index in [-0.39, 0.29) is 0 Å². The van der Waals surface area contributed by atoms with Crippen LogP contribution in [0.3, 0.4) is 0 Å². The summed E-state index contributed by atoms with van der Waals surface area (Å²) in [7, 11) is 0. The third-order valence-electron chi connectivity index (χ3n) is 6.05. The predicted molar refractivity (Wildman–Crippen MR) is 123 cm³/mol. The van der Waals surface area contributed by atoms with E-state index in [2.05, 4.69) is 20.8 Å². The topological polar surface area (TPSA) is 9.23 Å². The first-order valence-electron chi connectivity index (χ1n) is 11.1. The average Bonchev–Trinajstić information content (AvgIpc) is 3.14. The zero-order valence-corrected chi connectivity index (χ0v) is 22.5. The zero-order valence-electron chi connectivity index (χ0n) is 18.1. The number of alkyl halides is 3. The van der Waals surface area contributed by atoms with Gasteiger partial charge >= 0.3 is 194 Å². The van der Waals surface area contributed by atoms with Gasteiger partial charge in [-0.1, -0.05) is 0 Å². The number of benzene rings is 1. The summed E-state index contributed by atoms with van der Waals surface area (Å²) in [5.41, 5.74) is 0.596. The Hall–Kier alpha value is 0.0887. The molecule has 1 aromatic carbocycles. The average molecular weight is 572 g/mol. The van der Waals surface area contributed by atoms with Crippen LogP contribution in [0.2, 0.25) is 23.4 Å². The second kappa shape index (κ2) is 11.8. The Morgan fingerprint density at radius 1 is 0.867 bits per heavy atom. The van der Waals surface area contributed by atoms with Crippen LogP contribution in [0.4, 0.5) is 13.2 Å². The summed E-state index contributed by atoms with van der Waals surface area (Å²) in [4.78, 5) is 0. The number of hydrogen-bond donors (Lipinski definition) is 0. The van der Waals surface area contributed by atoms with E-state index >= 15 is 0 Å². The van der Waals surface area contributed by atoms with E-state index in [4.69, 9.17) is 27.9 Å². The van der Waals surface area contributed by atoms with Gasteiger partial charge in [-0.15, -0.1) is 0 Å². The summed E-state index contributed by atoms with van der Waals surface area (Å²) in [5, 5.41) is 0.813. The Balaban J connectivity index is 2.55. The van der Waals surface area contributed by atoms with Crippen molar-refractivity contribution in [3.63, 3.8) is 0 Å². The summed E-state index contributed by atoms with van der Waals surface area (Å²) in [6, 6.07) is 4.90. The molecule has 2 unspecified atom stereocenters. The fraction of sp³-hybridized carbons (Fsp3) is 0.652. The van der Waals surface area contributed by atoms with Gasteiger partial charge in [0.1, 0.15) is 0 Å². The van der Waals surface area contributed by atoms with Crippen molar-refractivity contribution in [3.8, 4) is 0 Å². The van der Waals surface area contributed by atoms with Crippen LogP contribution in [0.5, 0.6) is 0 Å². The predicted octanol–water partition coefficient (Wildman–Crippen LogP) is 9.31. The van der Waals surface area contributed by atoms with Crippen molar-refractivity contribution < 1.29 is 17.9 Å². The summed E-state index contributed by atoms with van der Waals surface area (Å²) in [5.74, 6) is 0. The van der Waals surface area contributed by atoms with Crippen molar-refractivity contribution in [2.24, 2.45) is 0 Å². The molecule has 0 radical (unpaired) electrons. The van der Waals surface area contributed by atoms with Gasteiger partial charge in [-0.25, -0.2) is 0 Å². The first kappa shape index (κ1) is 26.3. The molecule has 170 valence electrons. The number of ether oxygens (including phenoxy) is 1. The molecule has 0 aliphatic carbocycles. The Morgan fingerprint density at radius 2 is 1.33 bits per heavy atom. The molecule has 7 heteroatoms. The number of rotatable bonds is 11. The van der Waals surface area contributed by atoms with Gasteiger partial charge < -0.3 is 0 Å². The van der Waals surface area contributed by atoms with E-state index in [0.717, 1.165) is 51.8 Å². The van der Waals surface area contributed by atoms with Crippen LogP contribution in [0, 0.1) is 0 Å². The SMILES string of the molecule is CCC[CH2][Sn]([CH2]CCC)([CH2]CCC)[C]1=CC(c2cc(Cl)cc(Cl)c2)OC1C(F)(F)F. The minimum atomic E-state index is -4.41. The van der Waals surface area contributed by atoms with Crippen molar-refractivity contribution in [1.82, 2.24) is 0 Å². The molecule has 0 fully saturated rings. The molecule has 1 nitrogen and oxygen atoms in total. The molecule has 0 amide bonds. The minimum absolute atomic E-state index is 0.407. The van der Waals surface area contributed by atoms with E-state index < -0.39 is 36.8 Å². The molecule has 1 heterocycles. The fourth-order valence-electron chi connectivity index (χ4n) is 4.49. The van der Waals surface area contributed by atoms with Gasteiger partial charge in [0.2, 0.25) is 0 Å². The normalized spacial score (nSPS) is 19.9. The van der Waals surface area contributed by atoms with E-state index in [9.17, 15) is 13.2 Å². The standard InChI is InChI=1S/C11H6Cl2F3O.3C4H9.Sn/c12-7-3-6(4-8(13)5-7)9-1-2-10(17-9)11(14,15)16;3*1-3-4-2;/h1,3-5,9-10H;3*1,3-4H2,2H3;. The summed E-state index contributed by atoms with van der Waals surface area (Å²) < 4.78 is 51.7. The fourth-order valence-corrected chi connectivity index (χ4v) is 22.2. The van der Waals surface area contributed by atoms with Gasteiger partial charge in [-0.05, 0) is 0 Å². The van der Waals surface area contributed by atoms with E-state index in [0.29, 0.717) is 19.2 Å². The Kier molecular flexibility index (Phi) is 10.4. The molecule has 0 N–H and O–H groups in total. The number of hydrogen-bond acceptors (Lipinski definition) is 1. The Bertz CT molecular complexity index is 679. The number of unbranched alkanes of at least 4 members (excludes halogenated alkanes) is 3. The summed E-state index contributed by atoms with van der Waals surface area (Å²) in [6.45, 7) is 6.36. The van der Waals surface area contributed by atoms with Gasteiger partial charge in [-0.2, -0.15) is 0 Å². The Labute approximate surface area is 193 Å². The first-order valence-corrected chi connectivity index (χ1v) is 19.3. The molecule has 30 heavy (non-hydrogen) atoms. The van der Waals surface area contributed by atoms with Crippen LogP contribution < -0.4 is 0 Å². The van der Waals surface area contributed by atoms with E-state index in [1.165, 1.54) is 0 Å². The summed E-state index contributed by atoms with van der Waals surface area (Å²) >= 11 is 8.93. The third kappa shape index (κ3) is 6.79. The second-order valence-corrected chi connectivity index (χ2v) is 22.5. The maximum atomic E-state index is 14.2. The van der Waals surface area contributed by atoms with Crippen LogP contribution in [-0.4, -0.2) is 30.7 Å². The van der Waals surface area contributed by atoms with Crippen LogP contribution in [0.15, 0.2) is 27.9 Å². The van der Waals surface area contributed by atoms with Crippen molar-refractivity contribution in [1.29, 1.82) is 0 Å².